The molecule has 1 N–H and O–H groups in total. The van der Waals surface area contributed by atoms with Crippen LogP contribution in [0.25, 0.3) is 0 Å². The molecule has 0 spiro atoms. The zero-order valence-corrected chi connectivity index (χ0v) is 22.9. The van der Waals surface area contributed by atoms with Crippen molar-refractivity contribution < 1.29 is 9.53 Å². The predicted molar refractivity (Wildman–Crippen MR) is 147 cm³/mol. The molecule has 0 aliphatic rings. The lowest BCUT2D eigenvalue weighted by atomic mass is 10.1. The van der Waals surface area contributed by atoms with Gasteiger partial charge in [-0.15, -0.1) is 11.3 Å². The summed E-state index contributed by atoms with van der Waals surface area (Å²) in [4.78, 5) is 25.4. The number of anilines is 1. The summed E-state index contributed by atoms with van der Waals surface area (Å²) < 4.78 is 6.28. The average molecular weight is 513 g/mol. The first-order valence-corrected chi connectivity index (χ1v) is 14.1. The largest absolute Gasteiger partial charge is 0.368 e. The number of carbonyl (C=O) groups is 1. The second-order valence-electron chi connectivity index (χ2n) is 8.87. The zero-order chi connectivity index (χ0) is 25.2. The summed E-state index contributed by atoms with van der Waals surface area (Å²) >= 11 is 3.20. The maximum Gasteiger partial charge on any atom is 0.261 e. The fraction of sp³-hybridized carbons (Fsp3) is 0.444. The van der Waals surface area contributed by atoms with Crippen LogP contribution in [0.2, 0.25) is 0 Å². The van der Waals surface area contributed by atoms with Crippen molar-refractivity contribution in [2.24, 2.45) is 5.92 Å². The van der Waals surface area contributed by atoms with E-state index in [0.717, 1.165) is 30.6 Å². The summed E-state index contributed by atoms with van der Waals surface area (Å²) in [6.45, 7) is 8.27. The first-order valence-electron chi connectivity index (χ1n) is 12.0. The summed E-state index contributed by atoms with van der Waals surface area (Å²) in [7, 11) is 1.96. The maximum absolute atomic E-state index is 13.5. The number of hydrogen-bond acceptors (Lipinski definition) is 7. The van der Waals surface area contributed by atoms with Gasteiger partial charge in [-0.2, -0.15) is 0 Å². The Morgan fingerprint density at radius 1 is 1.20 bits per heavy atom. The van der Waals surface area contributed by atoms with Crippen LogP contribution in [0.15, 0.2) is 53.1 Å². The number of thiophene rings is 1. The van der Waals surface area contributed by atoms with Gasteiger partial charge in [0.2, 0.25) is 0 Å². The van der Waals surface area contributed by atoms with Gasteiger partial charge in [0.1, 0.15) is 0 Å². The molecule has 6 nitrogen and oxygen atoms in total. The van der Waals surface area contributed by atoms with Crippen molar-refractivity contribution in [2.45, 2.75) is 51.5 Å². The van der Waals surface area contributed by atoms with Gasteiger partial charge >= 0.3 is 0 Å². The van der Waals surface area contributed by atoms with E-state index in [-0.39, 0.29) is 12.0 Å². The fourth-order valence-corrected chi connectivity index (χ4v) is 4.86. The Morgan fingerprint density at radius 2 is 1.97 bits per heavy atom. The Labute approximate surface area is 217 Å². The van der Waals surface area contributed by atoms with E-state index in [9.17, 15) is 4.79 Å². The van der Waals surface area contributed by atoms with Gasteiger partial charge in [-0.3, -0.25) is 4.79 Å². The Bertz CT molecular complexity index is 1060. The van der Waals surface area contributed by atoms with Crippen molar-refractivity contribution in [1.29, 1.82) is 0 Å². The highest BCUT2D eigenvalue weighted by molar-refractivity contribution is 7.98. The van der Waals surface area contributed by atoms with Gasteiger partial charge in [-0.05, 0) is 74.7 Å². The topological polar surface area (TPSA) is 67.3 Å². The van der Waals surface area contributed by atoms with E-state index in [1.165, 1.54) is 16.6 Å². The third-order valence-corrected chi connectivity index (χ3v) is 7.29. The summed E-state index contributed by atoms with van der Waals surface area (Å²) in [6, 6.07) is 12.3. The lowest BCUT2D eigenvalue weighted by Crippen LogP contribution is -2.33. The van der Waals surface area contributed by atoms with Crippen LogP contribution < -0.4 is 10.2 Å². The van der Waals surface area contributed by atoms with E-state index >= 15 is 0 Å². The Balaban J connectivity index is 1.75. The number of hydrogen-bond donors (Lipinski definition) is 1. The summed E-state index contributed by atoms with van der Waals surface area (Å²) in [5.41, 5.74) is 3.20. The number of nitrogens with one attached hydrogen (secondary N) is 1. The molecule has 8 heteroatoms. The monoisotopic (exact) mass is 512 g/mol. The highest BCUT2D eigenvalue weighted by Gasteiger charge is 2.21. The molecule has 0 bridgehead atoms. The lowest BCUT2D eigenvalue weighted by Gasteiger charge is -2.25. The number of amides is 1. The number of aryl methyl sites for hydroxylation is 1. The summed E-state index contributed by atoms with van der Waals surface area (Å²) in [6.07, 6.45) is 5.48. The van der Waals surface area contributed by atoms with Crippen molar-refractivity contribution in [1.82, 2.24) is 15.3 Å². The molecule has 1 aromatic carbocycles. The van der Waals surface area contributed by atoms with Crippen LogP contribution in [0, 0.1) is 12.8 Å². The molecule has 35 heavy (non-hydrogen) atoms. The van der Waals surface area contributed by atoms with E-state index in [1.807, 2.05) is 37.3 Å². The fourth-order valence-electron chi connectivity index (χ4n) is 3.66. The van der Waals surface area contributed by atoms with Crippen molar-refractivity contribution in [3.05, 3.63) is 69.7 Å². The van der Waals surface area contributed by atoms with Crippen LogP contribution in [-0.4, -0.2) is 42.3 Å². The van der Waals surface area contributed by atoms with Gasteiger partial charge in [0.15, 0.2) is 5.16 Å². The maximum atomic E-state index is 13.5. The SMILES string of the molecule is CNCCC(OCc1ccc(N(CCC(C)C)C(=O)c2cnc(SC)nc2C)cc1)c1cccs1. The molecule has 0 saturated heterocycles. The smallest absolute Gasteiger partial charge is 0.261 e. The van der Waals surface area contributed by atoms with Crippen molar-refractivity contribution >= 4 is 34.7 Å². The van der Waals surface area contributed by atoms with Gasteiger partial charge in [0.25, 0.3) is 5.91 Å². The number of aromatic nitrogens is 2. The van der Waals surface area contributed by atoms with Crippen LogP contribution in [0.4, 0.5) is 5.69 Å². The molecule has 1 amide bonds. The normalized spacial score (nSPS) is 12.2. The third kappa shape index (κ3) is 7.87. The quantitative estimate of drug-likeness (QED) is 0.220. The number of carbonyl (C=O) groups excluding carboxylic acids is 1. The van der Waals surface area contributed by atoms with Gasteiger partial charge in [-0.1, -0.05) is 43.8 Å². The summed E-state index contributed by atoms with van der Waals surface area (Å²) in [5, 5.41) is 5.97. The molecule has 2 heterocycles. The third-order valence-electron chi connectivity index (χ3n) is 5.76. The molecular formula is C27H36N4O2S2. The number of thioether (sulfide) groups is 1. The van der Waals surface area contributed by atoms with E-state index in [4.69, 9.17) is 4.74 Å². The van der Waals surface area contributed by atoms with Crippen LogP contribution in [0.5, 0.6) is 0 Å². The second kappa shape index (κ2) is 13.7. The zero-order valence-electron chi connectivity index (χ0n) is 21.3. The van der Waals surface area contributed by atoms with Crippen LogP contribution in [-0.2, 0) is 11.3 Å². The molecule has 188 valence electrons. The molecule has 0 fully saturated rings. The first-order chi connectivity index (χ1) is 16.9. The van der Waals surface area contributed by atoms with Crippen LogP contribution in [0.3, 0.4) is 0 Å². The minimum Gasteiger partial charge on any atom is -0.368 e. The predicted octanol–water partition coefficient (Wildman–Crippen LogP) is 6.13. The van der Waals surface area contributed by atoms with Gasteiger partial charge < -0.3 is 15.0 Å². The Hall–Kier alpha value is -2.26. The van der Waals surface area contributed by atoms with Crippen molar-refractivity contribution in [2.75, 3.05) is 31.3 Å². The lowest BCUT2D eigenvalue weighted by molar-refractivity contribution is 0.0367. The van der Waals surface area contributed by atoms with Crippen molar-refractivity contribution in [3.63, 3.8) is 0 Å². The number of nitrogens with zero attached hydrogens (tertiary/aromatic N) is 3. The Morgan fingerprint density at radius 3 is 2.57 bits per heavy atom. The van der Waals surface area contributed by atoms with Crippen molar-refractivity contribution in [3.8, 4) is 0 Å². The molecular weight excluding hydrogens is 476 g/mol. The average Bonchev–Trinajstić information content (AvgIpc) is 3.39. The molecule has 2 aromatic heterocycles. The Kier molecular flexibility index (Phi) is 10.7. The molecule has 1 unspecified atom stereocenters. The number of ether oxygens (including phenoxy) is 1. The number of benzene rings is 1. The highest BCUT2D eigenvalue weighted by atomic mass is 32.2. The molecule has 3 aromatic rings. The molecule has 1 atom stereocenters. The highest BCUT2D eigenvalue weighted by Crippen LogP contribution is 2.27. The van der Waals surface area contributed by atoms with Crippen LogP contribution in [0.1, 0.15) is 59.3 Å². The van der Waals surface area contributed by atoms with E-state index in [2.05, 4.69) is 58.8 Å². The second-order valence-corrected chi connectivity index (χ2v) is 10.6. The van der Waals surface area contributed by atoms with Gasteiger partial charge in [-0.25, -0.2) is 9.97 Å². The molecule has 0 aliphatic heterocycles. The van der Waals surface area contributed by atoms with Crippen LogP contribution >= 0.6 is 23.1 Å². The molecule has 3 rings (SSSR count). The summed E-state index contributed by atoms with van der Waals surface area (Å²) in [5.74, 6) is 0.422. The number of rotatable bonds is 13. The minimum atomic E-state index is -0.0652. The van der Waals surface area contributed by atoms with E-state index in [1.54, 1.807) is 17.5 Å². The molecule has 0 radical (unpaired) electrons. The molecule has 0 saturated carbocycles. The van der Waals surface area contributed by atoms with Gasteiger partial charge in [0, 0.05) is 23.3 Å². The van der Waals surface area contributed by atoms with Gasteiger partial charge in [0.05, 0.1) is 24.0 Å². The van der Waals surface area contributed by atoms with E-state index in [0.29, 0.717) is 35.5 Å². The standard InChI is InChI=1S/C27H36N4O2S2/c1-19(2)13-15-31(26(32)23-17-29-27(34-5)30-20(23)3)22-10-8-21(9-11-22)18-33-24(12-14-28-4)25-7-6-16-35-25/h6-11,16-17,19,24,28H,12-15,18H2,1-5H3. The van der Waals surface area contributed by atoms with E-state index < -0.39 is 0 Å². The first kappa shape index (κ1) is 27.3. The molecule has 0 aliphatic carbocycles. The minimum absolute atomic E-state index is 0.0652.